The van der Waals surface area contributed by atoms with E-state index in [0.29, 0.717) is 12.0 Å². The van der Waals surface area contributed by atoms with Crippen LogP contribution in [-0.4, -0.2) is 35.5 Å². The van der Waals surface area contributed by atoms with Crippen molar-refractivity contribution in [2.24, 2.45) is 0 Å². The van der Waals surface area contributed by atoms with Crippen LogP contribution in [0, 0.1) is 0 Å². The average Bonchev–Trinajstić information content (AvgIpc) is 2.98. The van der Waals surface area contributed by atoms with Gasteiger partial charge in [-0.25, -0.2) is 13.1 Å². The van der Waals surface area contributed by atoms with E-state index in [0.717, 1.165) is 5.69 Å². The fraction of sp³-hybridized carbons (Fsp3) is 0.333. The lowest BCUT2D eigenvalue weighted by Crippen LogP contribution is -2.10. The molecule has 0 saturated heterocycles. The minimum atomic E-state index is -3.01. The molecule has 0 bridgehead atoms. The molecule has 0 aliphatic heterocycles. The Hall–Kier alpha value is -1.95. The van der Waals surface area contributed by atoms with E-state index in [4.69, 9.17) is 0 Å². The van der Waals surface area contributed by atoms with Crippen molar-refractivity contribution in [1.82, 2.24) is 9.78 Å². The van der Waals surface area contributed by atoms with E-state index >= 15 is 0 Å². The Bertz CT molecular complexity index is 706. The second-order valence-corrected chi connectivity index (χ2v) is 7.24. The minimum absolute atomic E-state index is 0.0576. The van der Waals surface area contributed by atoms with Crippen molar-refractivity contribution in [3.63, 3.8) is 0 Å². The first-order valence-electron chi connectivity index (χ1n) is 6.85. The molecule has 21 heavy (non-hydrogen) atoms. The topological polar surface area (TPSA) is 69.0 Å². The quantitative estimate of drug-likeness (QED) is 0.736. The highest BCUT2D eigenvalue weighted by Gasteiger charge is 2.12. The SMILES string of the molecule is CCS(=O)(=O)CCCC(=O)c1cnn(-c2ccccc2)c1. The summed E-state index contributed by atoms with van der Waals surface area (Å²) >= 11 is 0. The fourth-order valence-electron chi connectivity index (χ4n) is 1.93. The van der Waals surface area contributed by atoms with Crippen molar-refractivity contribution in [3.8, 4) is 5.69 Å². The number of aromatic nitrogens is 2. The van der Waals surface area contributed by atoms with Gasteiger partial charge in [-0.15, -0.1) is 0 Å². The van der Waals surface area contributed by atoms with E-state index in [-0.39, 0.29) is 23.7 Å². The van der Waals surface area contributed by atoms with E-state index in [1.165, 1.54) is 6.20 Å². The summed E-state index contributed by atoms with van der Waals surface area (Å²) in [6.45, 7) is 1.61. The Balaban J connectivity index is 1.97. The molecule has 0 atom stereocenters. The average molecular weight is 306 g/mol. The van der Waals surface area contributed by atoms with Crippen molar-refractivity contribution < 1.29 is 13.2 Å². The number of sulfone groups is 1. The zero-order chi connectivity index (χ0) is 15.3. The normalized spacial score (nSPS) is 11.5. The maximum Gasteiger partial charge on any atom is 0.166 e. The fourth-order valence-corrected chi connectivity index (χ4v) is 2.80. The van der Waals surface area contributed by atoms with Crippen LogP contribution in [0.1, 0.15) is 30.1 Å². The van der Waals surface area contributed by atoms with Crippen LogP contribution in [0.15, 0.2) is 42.7 Å². The summed E-state index contributed by atoms with van der Waals surface area (Å²) in [5.74, 6) is 0.0957. The van der Waals surface area contributed by atoms with Gasteiger partial charge in [0.2, 0.25) is 0 Å². The molecule has 0 N–H and O–H groups in total. The van der Waals surface area contributed by atoms with Gasteiger partial charge in [0.1, 0.15) is 9.84 Å². The van der Waals surface area contributed by atoms with Crippen LogP contribution < -0.4 is 0 Å². The third-order valence-corrected chi connectivity index (χ3v) is 5.01. The molecule has 5 nitrogen and oxygen atoms in total. The van der Waals surface area contributed by atoms with Crippen LogP contribution in [0.2, 0.25) is 0 Å². The van der Waals surface area contributed by atoms with E-state index in [9.17, 15) is 13.2 Å². The molecule has 0 aliphatic rings. The lowest BCUT2D eigenvalue weighted by Gasteiger charge is -2.00. The summed E-state index contributed by atoms with van der Waals surface area (Å²) in [6, 6.07) is 9.50. The molecule has 0 radical (unpaired) electrons. The van der Waals surface area contributed by atoms with Gasteiger partial charge in [-0.3, -0.25) is 4.79 Å². The molecule has 1 aromatic carbocycles. The summed E-state index contributed by atoms with van der Waals surface area (Å²) in [6.07, 6.45) is 3.76. The number of hydrogen-bond donors (Lipinski definition) is 0. The maximum atomic E-state index is 12.0. The number of carbonyl (C=O) groups is 1. The predicted molar refractivity (Wildman–Crippen MR) is 81.5 cm³/mol. The summed E-state index contributed by atoms with van der Waals surface area (Å²) < 4.78 is 24.4. The molecule has 112 valence electrons. The van der Waals surface area contributed by atoms with Gasteiger partial charge in [0.05, 0.1) is 23.2 Å². The third kappa shape index (κ3) is 4.26. The maximum absolute atomic E-state index is 12.0. The largest absolute Gasteiger partial charge is 0.294 e. The highest BCUT2D eigenvalue weighted by molar-refractivity contribution is 7.91. The molecule has 0 unspecified atom stereocenters. The number of ketones is 1. The molecule has 0 aliphatic carbocycles. The predicted octanol–water partition coefficient (Wildman–Crippen LogP) is 2.27. The van der Waals surface area contributed by atoms with Gasteiger partial charge in [0, 0.05) is 18.4 Å². The van der Waals surface area contributed by atoms with Gasteiger partial charge in [-0.05, 0) is 18.6 Å². The number of nitrogens with zero attached hydrogens (tertiary/aromatic N) is 2. The molecular formula is C15H18N2O3S. The van der Waals surface area contributed by atoms with Gasteiger partial charge >= 0.3 is 0 Å². The third-order valence-electron chi connectivity index (χ3n) is 3.22. The molecule has 0 spiro atoms. The van der Waals surface area contributed by atoms with Crippen LogP contribution in [0.3, 0.4) is 0 Å². The van der Waals surface area contributed by atoms with Crippen molar-refractivity contribution in [3.05, 3.63) is 48.3 Å². The van der Waals surface area contributed by atoms with Crippen LogP contribution in [0.5, 0.6) is 0 Å². The molecular weight excluding hydrogens is 288 g/mol. The molecule has 2 aromatic rings. The molecule has 0 fully saturated rings. The van der Waals surface area contributed by atoms with Gasteiger partial charge < -0.3 is 0 Å². The molecule has 0 amide bonds. The van der Waals surface area contributed by atoms with E-state index in [2.05, 4.69) is 5.10 Å². The lowest BCUT2D eigenvalue weighted by atomic mass is 10.1. The standard InChI is InChI=1S/C15H18N2O3S/c1-2-21(19,20)10-6-9-15(18)13-11-16-17(12-13)14-7-4-3-5-8-14/h3-5,7-8,11-12H,2,6,9-10H2,1H3. The zero-order valence-electron chi connectivity index (χ0n) is 11.9. The molecule has 0 saturated carbocycles. The van der Waals surface area contributed by atoms with Crippen LogP contribution in [0.4, 0.5) is 0 Å². The number of hydrogen-bond acceptors (Lipinski definition) is 4. The second-order valence-electron chi connectivity index (χ2n) is 4.77. The molecule has 2 rings (SSSR count). The highest BCUT2D eigenvalue weighted by Crippen LogP contribution is 2.10. The van der Waals surface area contributed by atoms with Gasteiger partial charge in [0.15, 0.2) is 5.78 Å². The first-order valence-corrected chi connectivity index (χ1v) is 8.67. The van der Waals surface area contributed by atoms with Crippen molar-refractivity contribution in [1.29, 1.82) is 0 Å². The second kappa shape index (κ2) is 6.67. The summed E-state index contributed by atoms with van der Waals surface area (Å²) in [5.41, 5.74) is 1.39. The highest BCUT2D eigenvalue weighted by atomic mass is 32.2. The van der Waals surface area contributed by atoms with Crippen LogP contribution in [-0.2, 0) is 9.84 Å². The summed E-state index contributed by atoms with van der Waals surface area (Å²) in [7, 11) is -3.01. The summed E-state index contributed by atoms with van der Waals surface area (Å²) in [4.78, 5) is 12.0. The van der Waals surface area contributed by atoms with Crippen LogP contribution >= 0.6 is 0 Å². The number of para-hydroxylation sites is 1. The smallest absolute Gasteiger partial charge is 0.166 e. The van der Waals surface area contributed by atoms with Crippen LogP contribution in [0.25, 0.3) is 5.69 Å². The Morgan fingerprint density at radius 3 is 2.62 bits per heavy atom. The first-order chi connectivity index (χ1) is 10.0. The first kappa shape index (κ1) is 15.4. The Morgan fingerprint density at radius 2 is 1.95 bits per heavy atom. The van der Waals surface area contributed by atoms with Crippen molar-refractivity contribution >= 4 is 15.6 Å². The van der Waals surface area contributed by atoms with E-state index in [1.54, 1.807) is 17.8 Å². The Morgan fingerprint density at radius 1 is 1.24 bits per heavy atom. The number of benzene rings is 1. The number of carbonyl (C=O) groups excluding carboxylic acids is 1. The lowest BCUT2D eigenvalue weighted by molar-refractivity contribution is 0.0982. The molecule has 6 heteroatoms. The Labute approximate surface area is 124 Å². The van der Waals surface area contributed by atoms with Gasteiger partial charge in [-0.2, -0.15) is 5.10 Å². The Kier molecular flexibility index (Phi) is 4.90. The monoisotopic (exact) mass is 306 g/mol. The summed E-state index contributed by atoms with van der Waals surface area (Å²) in [5, 5.41) is 4.16. The molecule has 1 heterocycles. The number of Topliss-reactive ketones (excluding diaryl/α,β-unsaturated/α-hetero) is 1. The van der Waals surface area contributed by atoms with Gasteiger partial charge in [-0.1, -0.05) is 25.1 Å². The van der Waals surface area contributed by atoms with Crippen molar-refractivity contribution in [2.45, 2.75) is 19.8 Å². The minimum Gasteiger partial charge on any atom is -0.294 e. The van der Waals surface area contributed by atoms with E-state index in [1.807, 2.05) is 30.3 Å². The zero-order valence-corrected chi connectivity index (χ0v) is 12.7. The number of rotatable bonds is 7. The molecule has 1 aromatic heterocycles. The van der Waals surface area contributed by atoms with Crippen molar-refractivity contribution in [2.75, 3.05) is 11.5 Å². The van der Waals surface area contributed by atoms with Gasteiger partial charge in [0.25, 0.3) is 0 Å². The van der Waals surface area contributed by atoms with E-state index < -0.39 is 9.84 Å².